The van der Waals surface area contributed by atoms with Crippen LogP contribution in [0.15, 0.2) is 24.3 Å². The molecule has 3 atom stereocenters. The van der Waals surface area contributed by atoms with E-state index in [1.807, 2.05) is 0 Å². The zero-order valence-corrected chi connectivity index (χ0v) is 22.0. The van der Waals surface area contributed by atoms with Gasteiger partial charge in [0.05, 0.1) is 6.04 Å². The molecule has 2 aliphatic rings. The van der Waals surface area contributed by atoms with E-state index < -0.39 is 54.5 Å². The summed E-state index contributed by atoms with van der Waals surface area (Å²) in [4.78, 5) is 63.5. The van der Waals surface area contributed by atoms with Crippen molar-refractivity contribution in [1.29, 1.82) is 0 Å². The summed E-state index contributed by atoms with van der Waals surface area (Å²) in [6.07, 6.45) is -3.72. The molecule has 0 spiro atoms. The van der Waals surface area contributed by atoms with Gasteiger partial charge in [0.2, 0.25) is 11.8 Å². The lowest BCUT2D eigenvalue weighted by atomic mass is 9.91. The Kier molecular flexibility index (Phi) is 11.0. The van der Waals surface area contributed by atoms with E-state index in [-0.39, 0.29) is 24.7 Å². The van der Waals surface area contributed by atoms with E-state index in [0.29, 0.717) is 50.3 Å². The van der Waals surface area contributed by atoms with Crippen LogP contribution in [0.5, 0.6) is 0 Å². The van der Waals surface area contributed by atoms with Crippen molar-refractivity contribution >= 4 is 35.1 Å². The maximum absolute atomic E-state index is 13.4. The Morgan fingerprint density at radius 3 is 2.35 bits per heavy atom. The van der Waals surface area contributed by atoms with Gasteiger partial charge in [0.25, 0.3) is 0 Å². The predicted octanol–water partition coefficient (Wildman–Crippen LogP) is 1.35. The highest BCUT2D eigenvalue weighted by atomic mass is 19.4. The molecule has 1 aromatic rings. The first-order valence-electron chi connectivity index (χ1n) is 13.0. The minimum absolute atomic E-state index is 0.0625. The summed E-state index contributed by atoms with van der Waals surface area (Å²) >= 11 is 0. The maximum Gasteiger partial charge on any atom is 0.522 e. The second-order valence-corrected chi connectivity index (χ2v) is 9.86. The summed E-state index contributed by atoms with van der Waals surface area (Å²) in [6, 6.07) is 4.00. The van der Waals surface area contributed by atoms with Crippen molar-refractivity contribution in [2.24, 2.45) is 11.8 Å². The Bertz CT molecular complexity index is 1090. The SMILES string of the molecule is Cc1ccccc1NC(=O)C(=O)NC(CC1CCOCC1)C(=O)N[C@@H](C[C@@H]1CCNC1=O)C(=O)COC(F)(F)F. The predicted molar refractivity (Wildman–Crippen MR) is 135 cm³/mol. The number of nitrogens with one attached hydrogen (secondary N) is 4. The molecule has 2 aliphatic heterocycles. The van der Waals surface area contributed by atoms with Gasteiger partial charge in [-0.15, -0.1) is 13.2 Å². The van der Waals surface area contributed by atoms with Crippen LogP contribution in [0.4, 0.5) is 18.9 Å². The van der Waals surface area contributed by atoms with Gasteiger partial charge in [-0.1, -0.05) is 18.2 Å². The van der Waals surface area contributed by atoms with Gasteiger partial charge < -0.3 is 26.0 Å². The Morgan fingerprint density at radius 2 is 1.73 bits per heavy atom. The molecule has 3 rings (SSSR count). The van der Waals surface area contributed by atoms with Crippen molar-refractivity contribution in [2.45, 2.75) is 57.5 Å². The van der Waals surface area contributed by atoms with Crippen LogP contribution < -0.4 is 21.3 Å². The van der Waals surface area contributed by atoms with Crippen LogP contribution in [0.1, 0.15) is 37.7 Å². The van der Waals surface area contributed by atoms with Crippen molar-refractivity contribution in [1.82, 2.24) is 16.0 Å². The van der Waals surface area contributed by atoms with Gasteiger partial charge in [0.1, 0.15) is 12.6 Å². The average molecular weight is 571 g/mol. The number of amides is 4. The van der Waals surface area contributed by atoms with Crippen LogP contribution in [-0.2, 0) is 33.4 Å². The number of carbonyl (C=O) groups excluding carboxylic acids is 5. The minimum atomic E-state index is -5.07. The van der Waals surface area contributed by atoms with Crippen molar-refractivity contribution in [3.8, 4) is 0 Å². The van der Waals surface area contributed by atoms with Crippen molar-refractivity contribution < 1.29 is 46.6 Å². The fraction of sp³-hybridized carbons (Fsp3) is 0.577. The van der Waals surface area contributed by atoms with E-state index in [1.54, 1.807) is 31.2 Å². The smallest absolute Gasteiger partial charge is 0.381 e. The molecule has 0 aromatic heterocycles. The minimum Gasteiger partial charge on any atom is -0.381 e. The standard InChI is InChI=1S/C26H33F3N4O7/c1-15-4-2-3-5-18(15)31-24(37)25(38)33-20(12-16-7-10-39-11-8-16)23(36)32-19(13-17-6-9-30-22(17)35)21(34)14-40-26(27,28)29/h2-5,16-17,19-20H,6-14H2,1H3,(H,30,35)(H,31,37)(H,32,36)(H,33,38)/t17-,19-,20?/m0/s1. The fourth-order valence-corrected chi connectivity index (χ4v) is 4.61. The van der Waals surface area contributed by atoms with Gasteiger partial charge in [-0.25, -0.2) is 0 Å². The molecule has 2 saturated heterocycles. The molecule has 2 fully saturated rings. The van der Waals surface area contributed by atoms with E-state index in [0.717, 1.165) is 0 Å². The molecule has 2 heterocycles. The molecule has 0 saturated carbocycles. The number of rotatable bonds is 11. The number of alkyl halides is 3. The number of carbonyl (C=O) groups is 5. The summed E-state index contributed by atoms with van der Waals surface area (Å²) in [5.41, 5.74) is 1.11. The molecule has 4 amide bonds. The number of anilines is 1. The van der Waals surface area contributed by atoms with Crippen molar-refractivity contribution in [3.63, 3.8) is 0 Å². The summed E-state index contributed by atoms with van der Waals surface area (Å²) in [7, 11) is 0. The lowest BCUT2D eigenvalue weighted by Gasteiger charge is -2.28. The lowest BCUT2D eigenvalue weighted by Crippen LogP contribution is -2.55. The first-order valence-corrected chi connectivity index (χ1v) is 13.0. The first kappa shape index (κ1) is 31.0. The molecule has 220 valence electrons. The average Bonchev–Trinajstić information content (AvgIpc) is 3.31. The van der Waals surface area contributed by atoms with Gasteiger partial charge in [-0.05, 0) is 56.6 Å². The number of ketones is 1. The highest BCUT2D eigenvalue weighted by Gasteiger charge is 2.37. The summed E-state index contributed by atoms with van der Waals surface area (Å²) in [5.74, 6) is -5.23. The molecular weight excluding hydrogens is 537 g/mol. The third kappa shape index (κ3) is 9.59. The Morgan fingerprint density at radius 1 is 1.02 bits per heavy atom. The van der Waals surface area contributed by atoms with Gasteiger partial charge in [0, 0.05) is 31.4 Å². The van der Waals surface area contributed by atoms with E-state index >= 15 is 0 Å². The van der Waals surface area contributed by atoms with Gasteiger partial charge in [0.15, 0.2) is 5.78 Å². The molecule has 40 heavy (non-hydrogen) atoms. The lowest BCUT2D eigenvalue weighted by molar-refractivity contribution is -0.321. The zero-order valence-electron chi connectivity index (χ0n) is 22.0. The summed E-state index contributed by atoms with van der Waals surface area (Å²) in [6.45, 7) is 1.58. The first-order chi connectivity index (χ1) is 18.9. The number of hydrogen-bond acceptors (Lipinski definition) is 7. The van der Waals surface area contributed by atoms with E-state index in [1.165, 1.54) is 0 Å². The number of para-hydroxylation sites is 1. The van der Waals surface area contributed by atoms with Crippen LogP contribution in [0.25, 0.3) is 0 Å². The maximum atomic E-state index is 13.4. The molecule has 0 radical (unpaired) electrons. The zero-order chi connectivity index (χ0) is 29.3. The quantitative estimate of drug-likeness (QED) is 0.293. The molecular formula is C26H33F3N4O7. The van der Waals surface area contributed by atoms with E-state index in [2.05, 4.69) is 26.0 Å². The Labute approximate surface area is 228 Å². The number of halogens is 3. The van der Waals surface area contributed by atoms with Gasteiger partial charge in [-0.2, -0.15) is 0 Å². The molecule has 1 aromatic carbocycles. The van der Waals surface area contributed by atoms with Crippen LogP contribution in [0.2, 0.25) is 0 Å². The van der Waals surface area contributed by atoms with Gasteiger partial charge >= 0.3 is 18.2 Å². The number of aryl methyl sites for hydroxylation is 1. The Balaban J connectivity index is 1.74. The molecule has 0 bridgehead atoms. The van der Waals surface area contributed by atoms with E-state index in [9.17, 15) is 37.1 Å². The Hall–Kier alpha value is -3.52. The number of ether oxygens (including phenoxy) is 2. The highest BCUT2D eigenvalue weighted by Crippen LogP contribution is 2.22. The monoisotopic (exact) mass is 570 g/mol. The fourth-order valence-electron chi connectivity index (χ4n) is 4.61. The number of Topliss-reactive ketones (excluding diaryl/α,β-unsaturated/α-hetero) is 1. The van der Waals surface area contributed by atoms with E-state index in [4.69, 9.17) is 4.74 Å². The topological polar surface area (TPSA) is 152 Å². The molecule has 11 nitrogen and oxygen atoms in total. The molecule has 1 unspecified atom stereocenters. The number of hydrogen-bond donors (Lipinski definition) is 4. The van der Waals surface area contributed by atoms with Crippen molar-refractivity contribution in [3.05, 3.63) is 29.8 Å². The normalized spacial score (nSPS) is 19.3. The molecule has 14 heteroatoms. The van der Waals surface area contributed by atoms with Crippen LogP contribution >= 0.6 is 0 Å². The van der Waals surface area contributed by atoms with Crippen LogP contribution in [0.3, 0.4) is 0 Å². The second-order valence-electron chi connectivity index (χ2n) is 9.86. The van der Waals surface area contributed by atoms with Crippen molar-refractivity contribution in [2.75, 3.05) is 31.7 Å². The third-order valence-electron chi connectivity index (χ3n) is 6.90. The van der Waals surface area contributed by atoms with Gasteiger partial charge in [-0.3, -0.25) is 28.7 Å². The van der Waals surface area contributed by atoms with Crippen LogP contribution in [0, 0.1) is 18.8 Å². The largest absolute Gasteiger partial charge is 0.522 e. The summed E-state index contributed by atoms with van der Waals surface area (Å²) < 4.78 is 46.7. The second kappa shape index (κ2) is 14.2. The summed E-state index contributed by atoms with van der Waals surface area (Å²) in [5, 5.41) is 9.85. The molecule has 0 aliphatic carbocycles. The third-order valence-corrected chi connectivity index (χ3v) is 6.90. The molecule has 4 N–H and O–H groups in total. The highest BCUT2D eigenvalue weighted by molar-refractivity contribution is 6.40. The van der Waals surface area contributed by atoms with Crippen LogP contribution in [-0.4, -0.2) is 74.2 Å². The number of benzene rings is 1.